The number of methoxy groups -OCH3 is 2. The summed E-state index contributed by atoms with van der Waals surface area (Å²) < 4.78 is 51.0. The van der Waals surface area contributed by atoms with Gasteiger partial charge in [-0.05, 0) is 50.2 Å². The number of nitrogens with one attached hydrogen (secondary N) is 1. The van der Waals surface area contributed by atoms with Gasteiger partial charge in [-0.25, -0.2) is 4.68 Å². The van der Waals surface area contributed by atoms with E-state index in [0.29, 0.717) is 17.2 Å². The van der Waals surface area contributed by atoms with Gasteiger partial charge >= 0.3 is 6.18 Å². The van der Waals surface area contributed by atoms with Crippen LogP contribution in [0.1, 0.15) is 40.1 Å². The number of ether oxygens (including phenoxy) is 2. The largest absolute Gasteiger partial charge is 0.497 e. The summed E-state index contributed by atoms with van der Waals surface area (Å²) in [5.41, 5.74) is 0.824. The minimum absolute atomic E-state index is 0.217. The third-order valence-electron chi connectivity index (χ3n) is 4.92. The van der Waals surface area contributed by atoms with Gasteiger partial charge in [0.15, 0.2) is 0 Å². The Morgan fingerprint density at radius 1 is 1.13 bits per heavy atom. The van der Waals surface area contributed by atoms with Crippen molar-refractivity contribution >= 4 is 5.91 Å². The lowest BCUT2D eigenvalue weighted by Gasteiger charge is -2.18. The second kappa shape index (κ2) is 8.71. The zero-order valence-electron chi connectivity index (χ0n) is 17.4. The molecule has 3 aromatic rings. The van der Waals surface area contributed by atoms with Crippen molar-refractivity contribution in [3.8, 4) is 17.2 Å². The quantitative estimate of drug-likeness (QED) is 0.612. The summed E-state index contributed by atoms with van der Waals surface area (Å²) in [5.74, 6) is 0.795. The Bertz CT molecular complexity index is 1090. The van der Waals surface area contributed by atoms with E-state index in [0.717, 1.165) is 17.7 Å². The van der Waals surface area contributed by atoms with E-state index in [1.807, 2.05) is 0 Å². The number of rotatable bonds is 6. The fourth-order valence-electron chi connectivity index (χ4n) is 3.24. The molecule has 1 aromatic heterocycles. The van der Waals surface area contributed by atoms with Gasteiger partial charge in [0.1, 0.15) is 11.5 Å². The van der Waals surface area contributed by atoms with Crippen molar-refractivity contribution in [1.82, 2.24) is 15.1 Å². The molecular weight excluding hydrogens is 411 g/mol. The van der Waals surface area contributed by atoms with Crippen LogP contribution in [0.3, 0.4) is 0 Å². The van der Waals surface area contributed by atoms with Crippen LogP contribution in [0.5, 0.6) is 11.5 Å². The molecule has 0 aliphatic rings. The lowest BCUT2D eigenvalue weighted by Crippen LogP contribution is -2.27. The lowest BCUT2D eigenvalue weighted by molar-refractivity contribution is -0.137. The monoisotopic (exact) mass is 433 g/mol. The average Bonchev–Trinajstić information content (AvgIpc) is 3.14. The molecule has 0 spiro atoms. The van der Waals surface area contributed by atoms with Crippen LogP contribution in [0, 0.1) is 6.92 Å². The maximum absolute atomic E-state index is 13.0. The van der Waals surface area contributed by atoms with Crippen molar-refractivity contribution in [3.63, 3.8) is 0 Å². The van der Waals surface area contributed by atoms with Gasteiger partial charge in [0.25, 0.3) is 5.91 Å². The summed E-state index contributed by atoms with van der Waals surface area (Å²) in [6.45, 7) is 3.42. The van der Waals surface area contributed by atoms with E-state index in [9.17, 15) is 18.0 Å². The SMILES string of the molecule is COc1ccc(OC)c(C(C)NC(=O)c2cnn(-c3cccc(C(F)(F)F)c3)c2C)c1. The molecule has 3 rings (SSSR count). The first kappa shape index (κ1) is 22.2. The Balaban J connectivity index is 1.86. The van der Waals surface area contributed by atoms with Crippen LogP contribution in [0.15, 0.2) is 48.7 Å². The molecule has 2 aromatic carbocycles. The topological polar surface area (TPSA) is 65.4 Å². The summed E-state index contributed by atoms with van der Waals surface area (Å²) in [5, 5.41) is 6.99. The number of halogens is 3. The molecule has 0 radical (unpaired) electrons. The molecule has 1 unspecified atom stereocenters. The third kappa shape index (κ3) is 4.65. The number of carbonyl (C=O) groups is 1. The highest BCUT2D eigenvalue weighted by Gasteiger charge is 2.31. The molecule has 0 aliphatic carbocycles. The van der Waals surface area contributed by atoms with Gasteiger partial charge in [-0.15, -0.1) is 0 Å². The molecule has 9 heteroatoms. The summed E-state index contributed by atoms with van der Waals surface area (Å²) >= 11 is 0. The Kier molecular flexibility index (Phi) is 6.24. The van der Waals surface area contributed by atoms with E-state index >= 15 is 0 Å². The Morgan fingerprint density at radius 2 is 1.87 bits per heavy atom. The minimum Gasteiger partial charge on any atom is -0.497 e. The molecule has 0 saturated carbocycles. The number of amides is 1. The first-order valence-corrected chi connectivity index (χ1v) is 9.40. The smallest absolute Gasteiger partial charge is 0.416 e. The van der Waals surface area contributed by atoms with E-state index < -0.39 is 23.7 Å². The second-order valence-electron chi connectivity index (χ2n) is 6.91. The van der Waals surface area contributed by atoms with Crippen molar-refractivity contribution in [1.29, 1.82) is 0 Å². The van der Waals surface area contributed by atoms with Crippen LogP contribution in [-0.4, -0.2) is 29.9 Å². The molecular formula is C22H22F3N3O3. The maximum Gasteiger partial charge on any atom is 0.416 e. The number of hydrogen-bond donors (Lipinski definition) is 1. The highest BCUT2D eigenvalue weighted by atomic mass is 19.4. The molecule has 1 heterocycles. The van der Waals surface area contributed by atoms with Crippen LogP contribution in [-0.2, 0) is 6.18 Å². The van der Waals surface area contributed by atoms with Crippen LogP contribution in [0.2, 0.25) is 0 Å². The van der Waals surface area contributed by atoms with E-state index in [-0.39, 0.29) is 11.3 Å². The van der Waals surface area contributed by atoms with Crippen molar-refractivity contribution in [3.05, 3.63) is 71.0 Å². The van der Waals surface area contributed by atoms with E-state index in [1.165, 1.54) is 30.1 Å². The first-order valence-electron chi connectivity index (χ1n) is 9.40. The third-order valence-corrected chi connectivity index (χ3v) is 4.92. The number of carbonyl (C=O) groups excluding carboxylic acids is 1. The highest BCUT2D eigenvalue weighted by molar-refractivity contribution is 5.95. The molecule has 1 N–H and O–H groups in total. The minimum atomic E-state index is -4.47. The molecule has 0 saturated heterocycles. The van der Waals surface area contributed by atoms with Gasteiger partial charge in [0, 0.05) is 5.56 Å². The zero-order chi connectivity index (χ0) is 22.8. The van der Waals surface area contributed by atoms with Crippen molar-refractivity contribution in [2.45, 2.75) is 26.1 Å². The number of aromatic nitrogens is 2. The van der Waals surface area contributed by atoms with Gasteiger partial charge < -0.3 is 14.8 Å². The Morgan fingerprint density at radius 3 is 2.52 bits per heavy atom. The summed E-state index contributed by atoms with van der Waals surface area (Å²) in [4.78, 5) is 12.9. The summed E-state index contributed by atoms with van der Waals surface area (Å²) in [6.07, 6.45) is -3.14. The molecule has 0 fully saturated rings. The number of nitrogens with zero attached hydrogens (tertiary/aromatic N) is 2. The number of hydrogen-bond acceptors (Lipinski definition) is 4. The second-order valence-corrected chi connectivity index (χ2v) is 6.91. The van der Waals surface area contributed by atoms with Crippen molar-refractivity contribution in [2.24, 2.45) is 0 Å². The van der Waals surface area contributed by atoms with Crippen LogP contribution in [0.25, 0.3) is 5.69 Å². The molecule has 0 aliphatic heterocycles. The average molecular weight is 433 g/mol. The molecule has 1 atom stereocenters. The van der Waals surface area contributed by atoms with Crippen LogP contribution < -0.4 is 14.8 Å². The normalized spacial score (nSPS) is 12.4. The predicted octanol–water partition coefficient (Wildman–Crippen LogP) is 4.71. The summed E-state index contributed by atoms with van der Waals surface area (Å²) in [6, 6.07) is 9.62. The maximum atomic E-state index is 13.0. The first-order chi connectivity index (χ1) is 14.7. The molecule has 6 nitrogen and oxygen atoms in total. The van der Waals surface area contributed by atoms with Gasteiger partial charge in [0.05, 0.1) is 49.0 Å². The van der Waals surface area contributed by atoms with Gasteiger partial charge in [0.2, 0.25) is 0 Å². The fraction of sp³-hybridized carbons (Fsp3) is 0.273. The Labute approximate surface area is 177 Å². The van der Waals surface area contributed by atoms with E-state index in [2.05, 4.69) is 10.4 Å². The molecule has 164 valence electrons. The van der Waals surface area contributed by atoms with Crippen LogP contribution in [0.4, 0.5) is 13.2 Å². The summed E-state index contributed by atoms with van der Waals surface area (Å²) in [7, 11) is 3.07. The lowest BCUT2D eigenvalue weighted by atomic mass is 10.1. The van der Waals surface area contributed by atoms with Gasteiger partial charge in [-0.1, -0.05) is 6.07 Å². The van der Waals surface area contributed by atoms with Crippen molar-refractivity contribution < 1.29 is 27.4 Å². The fourth-order valence-corrected chi connectivity index (χ4v) is 3.24. The standard InChI is InChI=1S/C22H22F3N3O3/c1-13(18-11-17(30-3)8-9-20(18)31-4)27-21(29)19-12-26-28(14(19)2)16-7-5-6-15(10-16)22(23,24)25/h5-13H,1-4H3,(H,27,29). The number of alkyl halides is 3. The van der Waals surface area contributed by atoms with Gasteiger partial charge in [-0.2, -0.15) is 18.3 Å². The molecule has 31 heavy (non-hydrogen) atoms. The number of benzene rings is 2. The zero-order valence-corrected chi connectivity index (χ0v) is 17.4. The van der Waals surface area contributed by atoms with E-state index in [1.54, 1.807) is 39.2 Å². The van der Waals surface area contributed by atoms with E-state index in [4.69, 9.17) is 9.47 Å². The Hall–Kier alpha value is -3.49. The van der Waals surface area contributed by atoms with Crippen molar-refractivity contribution in [2.75, 3.05) is 14.2 Å². The highest BCUT2D eigenvalue weighted by Crippen LogP contribution is 2.31. The molecule has 1 amide bonds. The molecule has 0 bridgehead atoms. The predicted molar refractivity (Wildman–Crippen MR) is 109 cm³/mol. The van der Waals surface area contributed by atoms with Crippen LogP contribution >= 0.6 is 0 Å². The van der Waals surface area contributed by atoms with Gasteiger partial charge in [-0.3, -0.25) is 4.79 Å².